The molecule has 3 rings (SSSR count). The van der Waals surface area contributed by atoms with Crippen LogP contribution in [0.1, 0.15) is 41.4 Å². The first kappa shape index (κ1) is 20.8. The number of alkyl halides is 3. The van der Waals surface area contributed by atoms with Gasteiger partial charge in [0, 0.05) is 12.1 Å². The van der Waals surface area contributed by atoms with E-state index in [1.165, 1.54) is 34.9 Å². The van der Waals surface area contributed by atoms with Crippen molar-refractivity contribution in [2.45, 2.75) is 32.6 Å². The molecule has 0 aliphatic carbocycles. The molecule has 1 unspecified atom stereocenters. The quantitative estimate of drug-likeness (QED) is 0.606. The van der Waals surface area contributed by atoms with Crippen molar-refractivity contribution in [2.24, 2.45) is 0 Å². The van der Waals surface area contributed by atoms with E-state index in [9.17, 15) is 22.8 Å². The predicted octanol–water partition coefficient (Wildman–Crippen LogP) is 4.59. The normalized spacial score (nSPS) is 12.7. The van der Waals surface area contributed by atoms with Crippen LogP contribution in [0.25, 0.3) is 10.9 Å². The number of hydrogen-bond acceptors (Lipinski definition) is 3. The Labute approximate surface area is 169 Å². The second-order valence-electron chi connectivity index (χ2n) is 6.56. The van der Waals surface area contributed by atoms with Crippen molar-refractivity contribution in [3.8, 4) is 0 Å². The molecule has 5 nitrogen and oxygen atoms in total. The summed E-state index contributed by atoms with van der Waals surface area (Å²) in [6.07, 6.45) is -4.46. The van der Waals surface area contributed by atoms with Crippen molar-refractivity contribution in [3.63, 3.8) is 0 Å². The summed E-state index contributed by atoms with van der Waals surface area (Å²) in [7, 11) is 0. The molecule has 1 atom stereocenters. The van der Waals surface area contributed by atoms with E-state index in [0.717, 1.165) is 12.1 Å². The van der Waals surface area contributed by atoms with Crippen molar-refractivity contribution in [3.05, 3.63) is 74.3 Å². The third kappa shape index (κ3) is 4.24. The van der Waals surface area contributed by atoms with Gasteiger partial charge in [-0.2, -0.15) is 13.2 Å². The van der Waals surface area contributed by atoms with Crippen LogP contribution in [-0.2, 0) is 12.7 Å². The van der Waals surface area contributed by atoms with E-state index in [1.807, 2.05) is 0 Å². The molecule has 0 aliphatic heterocycles. The number of amides is 1. The summed E-state index contributed by atoms with van der Waals surface area (Å²) in [5, 5.41) is 3.07. The summed E-state index contributed by atoms with van der Waals surface area (Å²) >= 11 is 5.17. The number of carbonyl (C=O) groups is 1. The van der Waals surface area contributed by atoms with Gasteiger partial charge in [0.1, 0.15) is 0 Å². The number of aromatic amines is 1. The first-order valence-electron chi connectivity index (χ1n) is 8.86. The summed E-state index contributed by atoms with van der Waals surface area (Å²) < 4.78 is 40.4. The van der Waals surface area contributed by atoms with Crippen molar-refractivity contribution >= 4 is 29.0 Å². The zero-order chi connectivity index (χ0) is 21.3. The maximum atomic E-state index is 12.9. The summed E-state index contributed by atoms with van der Waals surface area (Å²) in [6.45, 7) is 3.82. The van der Waals surface area contributed by atoms with Crippen molar-refractivity contribution in [1.29, 1.82) is 0 Å². The standard InChI is InChI=1S/C20H18F3N3O2S/c1-3-26-18(28)15-8-7-13(10-16(15)25-19(26)29)17(27)24-11(2)12-5-4-6-14(9-12)20(21,22)23/h4-11H,3H2,1-2H3,(H,24,27)(H,25,29). The number of fused-ring (bicyclic) bond motifs is 1. The van der Waals surface area contributed by atoms with Gasteiger partial charge in [0.15, 0.2) is 4.77 Å². The maximum Gasteiger partial charge on any atom is 0.416 e. The van der Waals surface area contributed by atoms with Crippen molar-refractivity contribution in [1.82, 2.24) is 14.9 Å². The first-order valence-corrected chi connectivity index (χ1v) is 9.27. The average Bonchev–Trinajstić information content (AvgIpc) is 2.67. The Morgan fingerprint density at radius 1 is 1.24 bits per heavy atom. The lowest BCUT2D eigenvalue weighted by molar-refractivity contribution is -0.137. The predicted molar refractivity (Wildman–Crippen MR) is 106 cm³/mol. The molecule has 2 N–H and O–H groups in total. The van der Waals surface area contributed by atoms with Crippen molar-refractivity contribution in [2.75, 3.05) is 0 Å². The van der Waals surface area contributed by atoms with Gasteiger partial charge in [-0.05, 0) is 62.0 Å². The molecule has 29 heavy (non-hydrogen) atoms. The van der Waals surface area contributed by atoms with Gasteiger partial charge < -0.3 is 10.3 Å². The molecule has 0 fully saturated rings. The summed E-state index contributed by atoms with van der Waals surface area (Å²) in [5.41, 5.74) is -0.0176. The van der Waals surface area contributed by atoms with E-state index in [1.54, 1.807) is 13.8 Å². The number of halogens is 3. The molecule has 1 aromatic heterocycles. The summed E-state index contributed by atoms with van der Waals surface area (Å²) in [4.78, 5) is 27.9. The fraction of sp³-hybridized carbons (Fsp3) is 0.250. The van der Waals surface area contributed by atoms with Gasteiger partial charge in [0.25, 0.3) is 11.5 Å². The highest BCUT2D eigenvalue weighted by Crippen LogP contribution is 2.30. The lowest BCUT2D eigenvalue weighted by Gasteiger charge is -2.16. The summed E-state index contributed by atoms with van der Waals surface area (Å²) in [6, 6.07) is 8.68. The molecule has 0 spiro atoms. The van der Waals surface area contributed by atoms with Crippen LogP contribution in [0.5, 0.6) is 0 Å². The van der Waals surface area contributed by atoms with E-state index >= 15 is 0 Å². The fourth-order valence-electron chi connectivity index (χ4n) is 3.03. The number of hydrogen-bond donors (Lipinski definition) is 2. The number of rotatable bonds is 4. The van der Waals surface area contributed by atoms with Gasteiger partial charge in [-0.25, -0.2) is 0 Å². The van der Waals surface area contributed by atoms with Crippen LogP contribution in [0.15, 0.2) is 47.3 Å². The highest BCUT2D eigenvalue weighted by Gasteiger charge is 2.30. The maximum absolute atomic E-state index is 12.9. The average molecular weight is 421 g/mol. The Balaban J connectivity index is 1.88. The molecular weight excluding hydrogens is 403 g/mol. The monoisotopic (exact) mass is 421 g/mol. The largest absolute Gasteiger partial charge is 0.416 e. The highest BCUT2D eigenvalue weighted by molar-refractivity contribution is 7.71. The lowest BCUT2D eigenvalue weighted by Crippen LogP contribution is -2.27. The number of benzene rings is 2. The van der Waals surface area contributed by atoms with Gasteiger partial charge in [-0.3, -0.25) is 14.2 Å². The molecule has 1 heterocycles. The van der Waals surface area contributed by atoms with Crippen LogP contribution < -0.4 is 10.9 Å². The zero-order valence-electron chi connectivity index (χ0n) is 15.6. The van der Waals surface area contributed by atoms with E-state index in [2.05, 4.69) is 10.3 Å². The van der Waals surface area contributed by atoms with Crippen LogP contribution in [0.2, 0.25) is 0 Å². The van der Waals surface area contributed by atoms with Gasteiger partial charge in [-0.1, -0.05) is 12.1 Å². The Morgan fingerprint density at radius 3 is 2.62 bits per heavy atom. The number of H-pyrrole nitrogens is 1. The molecule has 0 aliphatic rings. The smallest absolute Gasteiger partial charge is 0.346 e. The third-order valence-corrected chi connectivity index (χ3v) is 4.94. The van der Waals surface area contributed by atoms with E-state index < -0.39 is 23.7 Å². The topological polar surface area (TPSA) is 66.9 Å². The second-order valence-corrected chi connectivity index (χ2v) is 6.94. The van der Waals surface area contributed by atoms with Crippen LogP contribution in [0, 0.1) is 4.77 Å². The Hall–Kier alpha value is -2.94. The molecule has 152 valence electrons. The molecule has 1 amide bonds. The highest BCUT2D eigenvalue weighted by atomic mass is 32.1. The van der Waals surface area contributed by atoms with Crippen LogP contribution in [0.4, 0.5) is 13.2 Å². The second kappa shape index (κ2) is 7.82. The molecule has 0 saturated heterocycles. The van der Waals surface area contributed by atoms with Crippen LogP contribution in [-0.4, -0.2) is 15.5 Å². The molecule has 0 radical (unpaired) electrons. The van der Waals surface area contributed by atoms with E-state index in [0.29, 0.717) is 23.0 Å². The number of nitrogens with zero attached hydrogens (tertiary/aromatic N) is 1. The minimum atomic E-state index is -4.46. The van der Waals surface area contributed by atoms with Gasteiger partial charge in [-0.15, -0.1) is 0 Å². The SMILES string of the molecule is CCn1c(=S)[nH]c2cc(C(=O)NC(C)c3cccc(C(F)(F)F)c3)ccc2c1=O. The molecule has 0 saturated carbocycles. The third-order valence-electron chi connectivity index (χ3n) is 4.62. The minimum absolute atomic E-state index is 0.250. The van der Waals surface area contributed by atoms with E-state index in [4.69, 9.17) is 12.2 Å². The van der Waals surface area contributed by atoms with Gasteiger partial charge in [0.2, 0.25) is 0 Å². The Kier molecular flexibility index (Phi) is 5.61. The summed E-state index contributed by atoms with van der Waals surface area (Å²) in [5.74, 6) is -0.476. The van der Waals surface area contributed by atoms with Crippen molar-refractivity contribution < 1.29 is 18.0 Å². The number of carbonyl (C=O) groups excluding carboxylic acids is 1. The first-order chi connectivity index (χ1) is 13.6. The Bertz CT molecular complexity index is 1200. The Morgan fingerprint density at radius 2 is 1.97 bits per heavy atom. The number of aromatic nitrogens is 2. The lowest BCUT2D eigenvalue weighted by atomic mass is 10.0. The molecular formula is C20H18F3N3O2S. The zero-order valence-corrected chi connectivity index (χ0v) is 16.4. The molecule has 2 aromatic carbocycles. The number of nitrogens with one attached hydrogen (secondary N) is 2. The van der Waals surface area contributed by atoms with Gasteiger partial charge >= 0.3 is 6.18 Å². The van der Waals surface area contributed by atoms with Gasteiger partial charge in [0.05, 0.1) is 22.5 Å². The van der Waals surface area contributed by atoms with Crippen LogP contribution >= 0.6 is 12.2 Å². The minimum Gasteiger partial charge on any atom is -0.346 e. The fourth-order valence-corrected chi connectivity index (χ4v) is 3.35. The molecule has 0 bridgehead atoms. The molecule has 9 heteroatoms. The van der Waals surface area contributed by atoms with Crippen LogP contribution in [0.3, 0.4) is 0 Å². The van der Waals surface area contributed by atoms with E-state index in [-0.39, 0.29) is 15.9 Å². The molecule has 3 aromatic rings.